The van der Waals surface area contributed by atoms with Gasteiger partial charge in [0.1, 0.15) is 5.52 Å². The van der Waals surface area contributed by atoms with Crippen molar-refractivity contribution in [3.8, 4) is 0 Å². The Bertz CT molecular complexity index is 1260. The lowest BCUT2D eigenvalue weighted by Crippen LogP contribution is -2.56. The largest absolute Gasteiger partial charge is 0.337 e. The SMILES string of the molecule is Cc1ccc(C(C)n2nnc3ccc(C4=CCN(C(=O)C5(N)CCCCC5)CC4)cc32)c(Cl)c1. The van der Waals surface area contributed by atoms with Gasteiger partial charge in [-0.1, -0.05) is 60.4 Å². The Labute approximate surface area is 205 Å². The fourth-order valence-corrected chi connectivity index (χ4v) is 5.74. The van der Waals surface area contributed by atoms with Gasteiger partial charge in [0.2, 0.25) is 5.91 Å². The number of hydrogen-bond donors (Lipinski definition) is 1. The Hall–Kier alpha value is -2.70. The first kappa shape index (κ1) is 23.1. The molecule has 1 aromatic heterocycles. The zero-order chi connectivity index (χ0) is 23.9. The highest BCUT2D eigenvalue weighted by molar-refractivity contribution is 6.31. The average molecular weight is 478 g/mol. The Morgan fingerprint density at radius 3 is 2.65 bits per heavy atom. The predicted octanol–water partition coefficient (Wildman–Crippen LogP) is 5.28. The minimum Gasteiger partial charge on any atom is -0.337 e. The van der Waals surface area contributed by atoms with E-state index in [1.54, 1.807) is 0 Å². The third-order valence-corrected chi connectivity index (χ3v) is 7.81. The van der Waals surface area contributed by atoms with Crippen LogP contribution in [0.25, 0.3) is 16.6 Å². The van der Waals surface area contributed by atoms with Gasteiger partial charge in [0.05, 0.1) is 17.1 Å². The number of nitrogens with zero attached hydrogens (tertiary/aromatic N) is 4. The van der Waals surface area contributed by atoms with Crippen molar-refractivity contribution in [3.05, 3.63) is 64.2 Å². The van der Waals surface area contributed by atoms with E-state index in [9.17, 15) is 4.79 Å². The number of benzene rings is 2. The van der Waals surface area contributed by atoms with E-state index in [1.165, 1.54) is 12.0 Å². The number of carbonyl (C=O) groups excluding carboxylic acids is 1. The van der Waals surface area contributed by atoms with Crippen molar-refractivity contribution < 1.29 is 4.79 Å². The van der Waals surface area contributed by atoms with Gasteiger partial charge in [0, 0.05) is 18.1 Å². The molecule has 1 fully saturated rings. The molecule has 0 bridgehead atoms. The second kappa shape index (κ2) is 9.16. The summed E-state index contributed by atoms with van der Waals surface area (Å²) in [5.74, 6) is 0.115. The molecule has 5 rings (SSSR count). The molecule has 2 heterocycles. The van der Waals surface area contributed by atoms with Gasteiger partial charge in [-0.25, -0.2) is 4.68 Å². The van der Waals surface area contributed by atoms with Gasteiger partial charge in [-0.05, 0) is 73.6 Å². The first-order valence-electron chi connectivity index (χ1n) is 12.2. The molecule has 2 aliphatic rings. The summed E-state index contributed by atoms with van der Waals surface area (Å²) in [5.41, 5.74) is 12.2. The smallest absolute Gasteiger partial charge is 0.242 e. The molecule has 6 nitrogen and oxygen atoms in total. The van der Waals surface area contributed by atoms with Gasteiger partial charge in [-0.2, -0.15) is 0 Å². The van der Waals surface area contributed by atoms with Crippen LogP contribution in [0.4, 0.5) is 0 Å². The minimum atomic E-state index is -0.673. The first-order valence-corrected chi connectivity index (χ1v) is 12.6. The molecule has 2 N–H and O–H groups in total. The van der Waals surface area contributed by atoms with E-state index in [1.807, 2.05) is 28.6 Å². The number of aryl methyl sites for hydroxylation is 1. The van der Waals surface area contributed by atoms with E-state index in [2.05, 4.69) is 47.6 Å². The van der Waals surface area contributed by atoms with Gasteiger partial charge >= 0.3 is 0 Å². The van der Waals surface area contributed by atoms with Gasteiger partial charge in [-0.15, -0.1) is 5.10 Å². The fourth-order valence-electron chi connectivity index (χ4n) is 5.35. The number of halogens is 1. The number of amides is 1. The van der Waals surface area contributed by atoms with Crippen LogP contribution in [-0.4, -0.2) is 44.4 Å². The Morgan fingerprint density at radius 1 is 1.15 bits per heavy atom. The fraction of sp³-hybridized carbons (Fsp3) is 0.444. The van der Waals surface area contributed by atoms with Crippen LogP contribution >= 0.6 is 11.6 Å². The van der Waals surface area contributed by atoms with Crippen LogP contribution in [0.2, 0.25) is 5.02 Å². The summed E-state index contributed by atoms with van der Waals surface area (Å²) in [6.45, 7) is 5.44. The average Bonchev–Trinajstić information content (AvgIpc) is 3.27. The summed E-state index contributed by atoms with van der Waals surface area (Å²) in [6, 6.07) is 12.3. The predicted molar refractivity (Wildman–Crippen MR) is 137 cm³/mol. The van der Waals surface area contributed by atoms with E-state index in [0.29, 0.717) is 13.1 Å². The normalized spacial score (nSPS) is 19.2. The second-order valence-corrected chi connectivity index (χ2v) is 10.3. The maximum absolute atomic E-state index is 13.1. The molecule has 34 heavy (non-hydrogen) atoms. The van der Waals surface area contributed by atoms with E-state index < -0.39 is 5.54 Å². The Balaban J connectivity index is 1.38. The van der Waals surface area contributed by atoms with E-state index in [-0.39, 0.29) is 11.9 Å². The minimum absolute atomic E-state index is 0.0435. The lowest BCUT2D eigenvalue weighted by molar-refractivity contribution is -0.137. The lowest BCUT2D eigenvalue weighted by Gasteiger charge is -2.38. The lowest BCUT2D eigenvalue weighted by atomic mass is 9.81. The molecule has 178 valence electrons. The molecule has 0 radical (unpaired) electrons. The first-order chi connectivity index (χ1) is 16.4. The molecule has 1 aliphatic heterocycles. The number of carbonyl (C=O) groups is 1. The molecule has 1 aliphatic carbocycles. The molecule has 3 aromatic rings. The molecule has 0 spiro atoms. The zero-order valence-electron chi connectivity index (χ0n) is 19.9. The summed E-state index contributed by atoms with van der Waals surface area (Å²) in [5, 5.41) is 9.55. The maximum Gasteiger partial charge on any atom is 0.242 e. The van der Waals surface area contributed by atoms with Gasteiger partial charge < -0.3 is 10.6 Å². The van der Waals surface area contributed by atoms with Crippen LogP contribution in [0.1, 0.15) is 68.2 Å². The van der Waals surface area contributed by atoms with Crippen molar-refractivity contribution in [2.75, 3.05) is 13.1 Å². The summed E-state index contributed by atoms with van der Waals surface area (Å²) in [6.07, 6.45) is 7.86. The van der Waals surface area contributed by atoms with Crippen LogP contribution in [0.5, 0.6) is 0 Å². The molecular weight excluding hydrogens is 446 g/mol. The highest BCUT2D eigenvalue weighted by Gasteiger charge is 2.38. The van der Waals surface area contributed by atoms with E-state index in [0.717, 1.165) is 64.9 Å². The molecule has 1 saturated carbocycles. The van der Waals surface area contributed by atoms with Gasteiger partial charge in [0.25, 0.3) is 0 Å². The van der Waals surface area contributed by atoms with Crippen molar-refractivity contribution in [1.82, 2.24) is 19.9 Å². The van der Waals surface area contributed by atoms with Crippen LogP contribution in [0.15, 0.2) is 42.5 Å². The monoisotopic (exact) mass is 477 g/mol. The molecule has 7 heteroatoms. The van der Waals surface area contributed by atoms with Crippen LogP contribution < -0.4 is 5.73 Å². The van der Waals surface area contributed by atoms with Crippen LogP contribution in [0.3, 0.4) is 0 Å². The van der Waals surface area contributed by atoms with Crippen LogP contribution in [-0.2, 0) is 4.79 Å². The molecule has 2 aromatic carbocycles. The molecule has 0 saturated heterocycles. The Kier molecular flexibility index (Phi) is 6.21. The third-order valence-electron chi connectivity index (χ3n) is 7.48. The van der Waals surface area contributed by atoms with Crippen molar-refractivity contribution in [2.24, 2.45) is 5.73 Å². The number of aromatic nitrogens is 3. The highest BCUT2D eigenvalue weighted by Crippen LogP contribution is 2.32. The highest BCUT2D eigenvalue weighted by atomic mass is 35.5. The number of rotatable bonds is 4. The molecular formula is C27H32ClN5O. The number of fused-ring (bicyclic) bond motifs is 1. The quantitative estimate of drug-likeness (QED) is 0.554. The number of hydrogen-bond acceptors (Lipinski definition) is 4. The van der Waals surface area contributed by atoms with Crippen molar-refractivity contribution in [2.45, 2.75) is 64.0 Å². The van der Waals surface area contributed by atoms with E-state index in [4.69, 9.17) is 17.3 Å². The second-order valence-electron chi connectivity index (χ2n) is 9.89. The third kappa shape index (κ3) is 4.25. The Morgan fingerprint density at radius 2 is 1.94 bits per heavy atom. The van der Waals surface area contributed by atoms with Crippen molar-refractivity contribution >= 4 is 34.1 Å². The maximum atomic E-state index is 13.1. The van der Waals surface area contributed by atoms with Crippen LogP contribution in [0, 0.1) is 6.92 Å². The molecule has 1 amide bonds. The van der Waals surface area contributed by atoms with Gasteiger partial charge in [-0.3, -0.25) is 4.79 Å². The summed E-state index contributed by atoms with van der Waals surface area (Å²) < 4.78 is 1.94. The topological polar surface area (TPSA) is 77.0 Å². The molecule has 1 unspecified atom stereocenters. The standard InChI is InChI=1S/C27H32ClN5O/c1-18-6-8-22(23(28)16-18)19(2)33-25-17-21(7-9-24(25)30-31-33)20-10-14-32(15-11-20)26(34)27(29)12-4-3-5-13-27/h6-10,16-17,19H,3-5,11-15,29H2,1-2H3. The van der Waals surface area contributed by atoms with Crippen molar-refractivity contribution in [1.29, 1.82) is 0 Å². The van der Waals surface area contributed by atoms with Crippen molar-refractivity contribution in [3.63, 3.8) is 0 Å². The zero-order valence-corrected chi connectivity index (χ0v) is 20.7. The molecule has 1 atom stereocenters. The summed E-state index contributed by atoms with van der Waals surface area (Å²) in [4.78, 5) is 15.0. The summed E-state index contributed by atoms with van der Waals surface area (Å²) in [7, 11) is 0. The van der Waals surface area contributed by atoms with Gasteiger partial charge in [0.15, 0.2) is 0 Å². The summed E-state index contributed by atoms with van der Waals surface area (Å²) >= 11 is 6.54. The number of nitrogens with two attached hydrogens (primary N) is 1. The van der Waals surface area contributed by atoms with E-state index >= 15 is 0 Å².